The van der Waals surface area contributed by atoms with Gasteiger partial charge in [0, 0.05) is 0 Å². The number of halogens is 1. The summed E-state index contributed by atoms with van der Waals surface area (Å²) in [7, 11) is -2.90. The standard InChI is InChI=1S/C18H15BrN2O6S/c1-10-14(7-11-8-15(19)17(22)16(9-11)27-2)18(23)21(20-10)12-3-5-13(6-4-12)28(24,25)26/h3-9,22H,1-2H3,(H,24,25,26)/b14-7+. The topological polar surface area (TPSA) is 116 Å². The molecular weight excluding hydrogens is 452 g/mol. The summed E-state index contributed by atoms with van der Waals surface area (Å²) in [4.78, 5) is 12.5. The lowest BCUT2D eigenvalue weighted by Gasteiger charge is -2.12. The Morgan fingerprint density at radius 3 is 2.43 bits per heavy atom. The molecule has 0 fully saturated rings. The van der Waals surface area contributed by atoms with Crippen molar-refractivity contribution in [3.05, 3.63) is 52.0 Å². The van der Waals surface area contributed by atoms with Crippen LogP contribution in [0.1, 0.15) is 12.5 Å². The van der Waals surface area contributed by atoms with Gasteiger partial charge in [-0.1, -0.05) is 0 Å². The molecule has 1 heterocycles. The first-order valence-electron chi connectivity index (χ1n) is 7.87. The molecule has 2 aromatic carbocycles. The average molecular weight is 467 g/mol. The molecule has 2 aromatic rings. The molecule has 0 bridgehead atoms. The van der Waals surface area contributed by atoms with Crippen LogP contribution in [0.15, 0.2) is 56.4 Å². The van der Waals surface area contributed by atoms with Crippen molar-refractivity contribution in [1.29, 1.82) is 0 Å². The predicted octanol–water partition coefficient (Wildman–Crippen LogP) is 3.22. The number of aromatic hydroxyl groups is 1. The van der Waals surface area contributed by atoms with Crippen LogP contribution in [0.2, 0.25) is 0 Å². The minimum absolute atomic E-state index is 0.0478. The van der Waals surface area contributed by atoms with Crippen LogP contribution in [-0.2, 0) is 14.9 Å². The summed E-state index contributed by atoms with van der Waals surface area (Å²) in [5.41, 5.74) is 1.76. The van der Waals surface area contributed by atoms with Crippen molar-refractivity contribution in [1.82, 2.24) is 0 Å². The number of anilines is 1. The number of carbonyl (C=O) groups excluding carboxylic acids is 1. The molecule has 1 amide bonds. The third-order valence-electron chi connectivity index (χ3n) is 4.02. The van der Waals surface area contributed by atoms with Crippen molar-refractivity contribution in [3.8, 4) is 11.5 Å². The molecular formula is C18H15BrN2O6S. The van der Waals surface area contributed by atoms with E-state index in [9.17, 15) is 18.3 Å². The number of amides is 1. The zero-order chi connectivity index (χ0) is 20.6. The van der Waals surface area contributed by atoms with Crippen molar-refractivity contribution in [2.24, 2.45) is 5.10 Å². The average Bonchev–Trinajstić information content (AvgIpc) is 2.92. The zero-order valence-electron chi connectivity index (χ0n) is 14.7. The summed E-state index contributed by atoms with van der Waals surface area (Å²) in [6.45, 7) is 1.67. The fourth-order valence-electron chi connectivity index (χ4n) is 2.62. The Morgan fingerprint density at radius 1 is 1.21 bits per heavy atom. The highest BCUT2D eigenvalue weighted by molar-refractivity contribution is 9.10. The quantitative estimate of drug-likeness (QED) is 0.527. The molecule has 0 radical (unpaired) electrons. The van der Waals surface area contributed by atoms with Crippen molar-refractivity contribution >= 4 is 49.4 Å². The number of ether oxygens (including phenoxy) is 1. The molecule has 3 rings (SSSR count). The van der Waals surface area contributed by atoms with Gasteiger partial charge >= 0.3 is 0 Å². The molecule has 0 saturated heterocycles. The van der Waals surface area contributed by atoms with Crippen LogP contribution in [0.3, 0.4) is 0 Å². The lowest BCUT2D eigenvalue weighted by atomic mass is 10.1. The fourth-order valence-corrected chi connectivity index (χ4v) is 3.56. The van der Waals surface area contributed by atoms with Crippen LogP contribution < -0.4 is 9.75 Å². The van der Waals surface area contributed by atoms with E-state index >= 15 is 0 Å². The molecule has 0 unspecified atom stereocenters. The number of benzene rings is 2. The van der Waals surface area contributed by atoms with Crippen LogP contribution in [0, 0.1) is 0 Å². The summed E-state index contributed by atoms with van der Waals surface area (Å²) >= 11 is 3.23. The Bertz CT molecular complexity index is 1120. The molecule has 0 saturated carbocycles. The number of methoxy groups -OCH3 is 1. The monoisotopic (exact) mass is 466 g/mol. The van der Waals surface area contributed by atoms with Gasteiger partial charge in [-0.15, -0.1) is 0 Å². The molecule has 146 valence electrons. The maximum atomic E-state index is 12.8. The second-order valence-corrected chi connectivity index (χ2v) is 8.16. The lowest BCUT2D eigenvalue weighted by molar-refractivity contribution is -0.114. The van der Waals surface area contributed by atoms with Gasteiger partial charge in [-0.2, -0.15) is 18.5 Å². The second-order valence-electron chi connectivity index (χ2n) is 5.88. The van der Waals surface area contributed by atoms with E-state index in [1.807, 2.05) is 0 Å². The largest absolute Gasteiger partial charge is 0.503 e. The first-order valence-corrected chi connectivity index (χ1v) is 10.1. The van der Waals surface area contributed by atoms with Crippen molar-refractivity contribution in [2.45, 2.75) is 11.8 Å². The second kappa shape index (κ2) is 7.38. The van der Waals surface area contributed by atoms with Crippen LogP contribution in [-0.4, -0.2) is 36.8 Å². The number of rotatable bonds is 4. The van der Waals surface area contributed by atoms with Crippen LogP contribution in [0.25, 0.3) is 6.08 Å². The van der Waals surface area contributed by atoms with Gasteiger partial charge in [0.25, 0.3) is 16.0 Å². The summed E-state index contributed by atoms with van der Waals surface area (Å²) in [5, 5.41) is 15.3. The summed E-state index contributed by atoms with van der Waals surface area (Å²) < 4.78 is 36.9. The highest BCUT2D eigenvalue weighted by atomic mass is 79.9. The Balaban J connectivity index is 1.95. The van der Waals surface area contributed by atoms with E-state index in [0.29, 0.717) is 27.0 Å². The van der Waals surface area contributed by atoms with E-state index in [-0.39, 0.29) is 16.4 Å². The van der Waals surface area contributed by atoms with Gasteiger partial charge in [0.05, 0.1) is 33.5 Å². The van der Waals surface area contributed by atoms with Crippen LogP contribution in [0.4, 0.5) is 5.69 Å². The molecule has 0 aromatic heterocycles. The molecule has 1 aliphatic heterocycles. The number of carbonyl (C=O) groups is 1. The number of hydrogen-bond donors (Lipinski definition) is 2. The predicted molar refractivity (Wildman–Crippen MR) is 107 cm³/mol. The number of phenolic OH excluding ortho intramolecular Hbond substituents is 1. The Morgan fingerprint density at radius 2 is 1.86 bits per heavy atom. The van der Waals surface area contributed by atoms with Gasteiger partial charge in [-0.3, -0.25) is 9.35 Å². The smallest absolute Gasteiger partial charge is 0.294 e. The number of phenols is 1. The molecule has 0 atom stereocenters. The number of hydrazone groups is 1. The van der Waals surface area contributed by atoms with Crippen molar-refractivity contribution in [3.63, 3.8) is 0 Å². The molecule has 0 aliphatic carbocycles. The minimum atomic E-state index is -4.32. The number of hydrogen-bond acceptors (Lipinski definition) is 6. The molecule has 2 N–H and O–H groups in total. The van der Waals surface area contributed by atoms with Gasteiger partial charge in [-0.05, 0) is 70.9 Å². The summed E-state index contributed by atoms with van der Waals surface area (Å²) in [6, 6.07) is 8.34. The number of nitrogens with zero attached hydrogens (tertiary/aromatic N) is 2. The van der Waals surface area contributed by atoms with Crippen molar-refractivity contribution in [2.75, 3.05) is 12.1 Å². The van der Waals surface area contributed by atoms with Gasteiger partial charge < -0.3 is 9.84 Å². The normalized spacial score (nSPS) is 15.9. The van der Waals surface area contributed by atoms with E-state index in [4.69, 9.17) is 9.29 Å². The van der Waals surface area contributed by atoms with E-state index in [0.717, 1.165) is 5.01 Å². The minimum Gasteiger partial charge on any atom is -0.503 e. The molecule has 1 aliphatic rings. The van der Waals surface area contributed by atoms with Gasteiger partial charge in [-0.25, -0.2) is 0 Å². The first-order chi connectivity index (χ1) is 13.1. The van der Waals surface area contributed by atoms with Crippen molar-refractivity contribution < 1.29 is 27.6 Å². The molecule has 28 heavy (non-hydrogen) atoms. The van der Waals surface area contributed by atoms with Gasteiger partial charge in [0.1, 0.15) is 0 Å². The molecule has 8 nitrogen and oxygen atoms in total. The summed E-state index contributed by atoms with van der Waals surface area (Å²) in [6.07, 6.45) is 1.61. The van der Waals surface area contributed by atoms with Gasteiger partial charge in [0.15, 0.2) is 11.5 Å². The van der Waals surface area contributed by atoms with E-state index in [2.05, 4.69) is 21.0 Å². The Hall–Kier alpha value is -2.69. The SMILES string of the molecule is COc1cc(/C=C2/C(=O)N(c3ccc(S(=O)(=O)O)cc3)N=C2C)cc(Br)c1O. The third-order valence-corrected chi connectivity index (χ3v) is 5.50. The maximum Gasteiger partial charge on any atom is 0.294 e. The van der Waals surface area contributed by atoms with E-state index in [1.54, 1.807) is 25.1 Å². The first kappa shape index (κ1) is 20.1. The molecule has 10 heteroatoms. The van der Waals surface area contributed by atoms with Crippen LogP contribution in [0.5, 0.6) is 11.5 Å². The molecule has 0 spiro atoms. The highest BCUT2D eigenvalue weighted by Crippen LogP contribution is 2.36. The van der Waals surface area contributed by atoms with Gasteiger partial charge in [0.2, 0.25) is 0 Å². The van der Waals surface area contributed by atoms with E-state index in [1.165, 1.54) is 31.4 Å². The Kier molecular flexibility index (Phi) is 5.28. The maximum absolute atomic E-state index is 12.8. The summed E-state index contributed by atoms with van der Waals surface area (Å²) in [5.74, 6) is -0.201. The van der Waals surface area contributed by atoms with Crippen LogP contribution >= 0.6 is 15.9 Å². The lowest BCUT2D eigenvalue weighted by Crippen LogP contribution is -2.21. The van der Waals surface area contributed by atoms with E-state index < -0.39 is 16.0 Å². The Labute approximate surface area is 169 Å². The third kappa shape index (κ3) is 3.79. The zero-order valence-corrected chi connectivity index (χ0v) is 17.2. The fraction of sp³-hybridized carbons (Fsp3) is 0.111. The highest BCUT2D eigenvalue weighted by Gasteiger charge is 2.29.